The number of hydrogen-bond donors (Lipinski definition) is 2. The molecule has 1 aromatic carbocycles. The Balaban J connectivity index is 2.66. The van der Waals surface area contributed by atoms with E-state index >= 15 is 0 Å². The van der Waals surface area contributed by atoms with Gasteiger partial charge in [-0.25, -0.2) is 4.39 Å². The van der Waals surface area contributed by atoms with Crippen molar-refractivity contribution < 1.29 is 13.9 Å². The van der Waals surface area contributed by atoms with Crippen LogP contribution >= 0.6 is 0 Å². The number of carbonyl (C=O) groups is 1. The van der Waals surface area contributed by atoms with Crippen molar-refractivity contribution in [2.45, 2.75) is 38.8 Å². The lowest BCUT2D eigenvalue weighted by Gasteiger charge is -2.24. The minimum absolute atomic E-state index is 0.174. The van der Waals surface area contributed by atoms with Crippen LogP contribution in [0.5, 0.6) is 0 Å². The highest BCUT2D eigenvalue weighted by molar-refractivity contribution is 5.81. The topological polar surface area (TPSA) is 64.3 Å². The number of nitrogens with one attached hydrogen (secondary N) is 1. The Bertz CT molecular complexity index is 434. The molecule has 0 saturated carbocycles. The summed E-state index contributed by atoms with van der Waals surface area (Å²) in [5.74, 6) is -0.288. The van der Waals surface area contributed by atoms with Crippen molar-refractivity contribution in [1.82, 2.24) is 5.32 Å². The first-order valence-electron chi connectivity index (χ1n) is 7.26. The molecule has 1 aromatic rings. The molecule has 0 saturated heterocycles. The van der Waals surface area contributed by atoms with E-state index < -0.39 is 6.04 Å². The largest absolute Gasteiger partial charge is 0.385 e. The normalized spacial score (nSPS) is 14.0. The van der Waals surface area contributed by atoms with Crippen molar-refractivity contribution in [2.75, 3.05) is 13.7 Å². The average Bonchev–Trinajstić information content (AvgIpc) is 2.45. The molecule has 118 valence electrons. The maximum Gasteiger partial charge on any atom is 0.237 e. The fraction of sp³-hybridized carbons (Fsp3) is 0.562. The second-order valence-electron chi connectivity index (χ2n) is 5.52. The van der Waals surface area contributed by atoms with Gasteiger partial charge >= 0.3 is 0 Å². The average molecular weight is 296 g/mol. The molecular weight excluding hydrogens is 271 g/mol. The van der Waals surface area contributed by atoms with E-state index in [1.165, 1.54) is 12.1 Å². The van der Waals surface area contributed by atoms with Crippen molar-refractivity contribution >= 4 is 5.91 Å². The second kappa shape index (κ2) is 8.74. The fourth-order valence-corrected chi connectivity index (χ4v) is 2.14. The Morgan fingerprint density at radius 3 is 2.48 bits per heavy atom. The summed E-state index contributed by atoms with van der Waals surface area (Å²) in [4.78, 5) is 12.1. The summed E-state index contributed by atoms with van der Waals surface area (Å²) in [5.41, 5.74) is 6.76. The Kier molecular flexibility index (Phi) is 7.32. The zero-order valence-corrected chi connectivity index (χ0v) is 12.9. The summed E-state index contributed by atoms with van der Waals surface area (Å²) in [5, 5.41) is 2.95. The zero-order valence-electron chi connectivity index (χ0n) is 12.9. The molecule has 0 aliphatic heterocycles. The van der Waals surface area contributed by atoms with E-state index in [9.17, 15) is 9.18 Å². The first-order valence-corrected chi connectivity index (χ1v) is 7.26. The van der Waals surface area contributed by atoms with Gasteiger partial charge in [0.1, 0.15) is 5.82 Å². The molecule has 0 bridgehead atoms. The van der Waals surface area contributed by atoms with Gasteiger partial charge in [0.15, 0.2) is 0 Å². The molecule has 0 fully saturated rings. The van der Waals surface area contributed by atoms with Gasteiger partial charge in [0.25, 0.3) is 0 Å². The number of methoxy groups -OCH3 is 1. The van der Waals surface area contributed by atoms with Gasteiger partial charge in [-0.1, -0.05) is 26.0 Å². The van der Waals surface area contributed by atoms with E-state index in [2.05, 4.69) is 5.32 Å². The molecule has 21 heavy (non-hydrogen) atoms. The Hall–Kier alpha value is -1.46. The van der Waals surface area contributed by atoms with Gasteiger partial charge in [-0.05, 0) is 36.5 Å². The lowest BCUT2D eigenvalue weighted by atomic mass is 9.95. The highest BCUT2D eigenvalue weighted by Crippen LogP contribution is 2.22. The molecule has 0 spiro atoms. The van der Waals surface area contributed by atoms with Crippen molar-refractivity contribution in [1.29, 1.82) is 0 Å². The van der Waals surface area contributed by atoms with E-state index in [0.29, 0.717) is 13.0 Å². The lowest BCUT2D eigenvalue weighted by Crippen LogP contribution is -2.43. The van der Waals surface area contributed by atoms with Crippen molar-refractivity contribution in [2.24, 2.45) is 11.7 Å². The predicted molar refractivity (Wildman–Crippen MR) is 81.2 cm³/mol. The van der Waals surface area contributed by atoms with Gasteiger partial charge < -0.3 is 15.8 Å². The van der Waals surface area contributed by atoms with Crippen LogP contribution in [0.2, 0.25) is 0 Å². The van der Waals surface area contributed by atoms with Crippen LogP contribution in [-0.4, -0.2) is 25.7 Å². The molecule has 0 aromatic heterocycles. The van der Waals surface area contributed by atoms with Gasteiger partial charge in [0.05, 0.1) is 12.1 Å². The zero-order chi connectivity index (χ0) is 15.8. The Labute approximate surface area is 125 Å². The summed E-state index contributed by atoms with van der Waals surface area (Å²) in [6.45, 7) is 4.60. The van der Waals surface area contributed by atoms with Crippen LogP contribution in [0.25, 0.3) is 0 Å². The molecule has 4 nitrogen and oxygen atoms in total. The molecule has 0 aliphatic rings. The lowest BCUT2D eigenvalue weighted by molar-refractivity contribution is -0.123. The molecular formula is C16H25FN2O2. The number of hydrogen-bond acceptors (Lipinski definition) is 3. The third kappa shape index (κ3) is 5.81. The molecule has 5 heteroatoms. The maximum absolute atomic E-state index is 13.0. The molecule has 0 radical (unpaired) electrons. The van der Waals surface area contributed by atoms with Gasteiger partial charge in [0.2, 0.25) is 5.91 Å². The fourth-order valence-electron chi connectivity index (χ4n) is 2.14. The molecule has 1 amide bonds. The molecule has 2 atom stereocenters. The maximum atomic E-state index is 13.0. The Morgan fingerprint density at radius 2 is 1.95 bits per heavy atom. The number of amides is 1. The summed E-state index contributed by atoms with van der Waals surface area (Å²) in [7, 11) is 1.62. The summed E-state index contributed by atoms with van der Waals surface area (Å²) in [6.07, 6.45) is 1.32. The number of halogens is 1. The number of nitrogens with two attached hydrogens (primary N) is 1. The number of rotatable bonds is 8. The molecule has 0 aliphatic carbocycles. The number of ether oxygens (including phenoxy) is 1. The van der Waals surface area contributed by atoms with Crippen LogP contribution in [-0.2, 0) is 9.53 Å². The van der Waals surface area contributed by atoms with E-state index in [1.54, 1.807) is 19.2 Å². The van der Waals surface area contributed by atoms with Crippen LogP contribution in [0.4, 0.5) is 4.39 Å². The smallest absolute Gasteiger partial charge is 0.237 e. The summed E-state index contributed by atoms with van der Waals surface area (Å²) in [6, 6.07) is 5.45. The first-order chi connectivity index (χ1) is 9.95. The summed E-state index contributed by atoms with van der Waals surface area (Å²) >= 11 is 0. The van der Waals surface area contributed by atoms with Crippen LogP contribution < -0.4 is 11.1 Å². The van der Waals surface area contributed by atoms with Gasteiger partial charge in [-0.3, -0.25) is 4.79 Å². The first kappa shape index (κ1) is 17.6. The monoisotopic (exact) mass is 296 g/mol. The van der Waals surface area contributed by atoms with E-state index in [-0.39, 0.29) is 23.7 Å². The standard InChI is InChI=1S/C16H25FN2O2/c1-11(2)15(12-6-8-13(17)9-7-12)19-16(20)14(18)5-4-10-21-3/h6-9,11,14-15H,4-5,10,18H2,1-3H3,(H,19,20). The van der Waals surface area contributed by atoms with Crippen LogP contribution in [0.1, 0.15) is 38.3 Å². The quantitative estimate of drug-likeness (QED) is 0.724. The minimum atomic E-state index is -0.554. The van der Waals surface area contributed by atoms with Crippen molar-refractivity contribution in [3.63, 3.8) is 0 Å². The third-order valence-corrected chi connectivity index (χ3v) is 3.39. The number of benzene rings is 1. The van der Waals surface area contributed by atoms with Crippen LogP contribution in [0.3, 0.4) is 0 Å². The van der Waals surface area contributed by atoms with E-state index in [1.807, 2.05) is 13.8 Å². The predicted octanol–water partition coefficient (Wildman–Crippen LogP) is 2.39. The summed E-state index contributed by atoms with van der Waals surface area (Å²) < 4.78 is 17.9. The van der Waals surface area contributed by atoms with Gasteiger partial charge in [-0.2, -0.15) is 0 Å². The highest BCUT2D eigenvalue weighted by Gasteiger charge is 2.21. The van der Waals surface area contributed by atoms with Crippen LogP contribution in [0.15, 0.2) is 24.3 Å². The van der Waals surface area contributed by atoms with Gasteiger partial charge in [0, 0.05) is 13.7 Å². The SMILES string of the molecule is COCCCC(N)C(=O)NC(c1ccc(F)cc1)C(C)C. The third-order valence-electron chi connectivity index (χ3n) is 3.39. The van der Waals surface area contributed by atoms with E-state index in [4.69, 9.17) is 10.5 Å². The van der Waals surface area contributed by atoms with Crippen molar-refractivity contribution in [3.8, 4) is 0 Å². The second-order valence-corrected chi connectivity index (χ2v) is 5.52. The van der Waals surface area contributed by atoms with Crippen molar-refractivity contribution in [3.05, 3.63) is 35.6 Å². The molecule has 0 heterocycles. The van der Waals surface area contributed by atoms with E-state index in [0.717, 1.165) is 12.0 Å². The highest BCUT2D eigenvalue weighted by atomic mass is 19.1. The molecule has 2 unspecified atom stereocenters. The molecule has 1 rings (SSSR count). The molecule has 3 N–H and O–H groups in total. The van der Waals surface area contributed by atoms with Gasteiger partial charge in [-0.15, -0.1) is 0 Å². The Morgan fingerprint density at radius 1 is 1.33 bits per heavy atom. The van der Waals surface area contributed by atoms with Crippen LogP contribution in [0, 0.1) is 11.7 Å². The number of carbonyl (C=O) groups excluding carboxylic acids is 1. The minimum Gasteiger partial charge on any atom is -0.385 e.